The summed E-state index contributed by atoms with van der Waals surface area (Å²) in [6.07, 6.45) is 1.85. The lowest BCUT2D eigenvalue weighted by atomic mass is 10.0. The second kappa shape index (κ2) is 9.44. The van der Waals surface area contributed by atoms with Crippen molar-refractivity contribution in [3.8, 4) is 11.1 Å². The minimum atomic E-state index is -2.46. The summed E-state index contributed by atoms with van der Waals surface area (Å²) < 4.78 is 13.0. The third-order valence-corrected chi connectivity index (χ3v) is 8.23. The van der Waals surface area contributed by atoms with E-state index in [1.54, 1.807) is 0 Å². The van der Waals surface area contributed by atoms with Crippen LogP contribution in [0.2, 0.25) is 0 Å². The number of fused-ring (bicyclic) bond motifs is 1. The fourth-order valence-electron chi connectivity index (χ4n) is 4.77. The fraction of sp³-hybridized carbons (Fsp3) is 0.286. The molecule has 6 nitrogen and oxygen atoms in total. The summed E-state index contributed by atoms with van der Waals surface area (Å²) in [6.45, 7) is 10.0. The van der Waals surface area contributed by atoms with Crippen molar-refractivity contribution < 1.29 is 4.57 Å². The second-order valence-corrected chi connectivity index (χ2v) is 12.9. The summed E-state index contributed by atoms with van der Waals surface area (Å²) in [5, 5.41) is 5.22. The number of piperazine rings is 1. The van der Waals surface area contributed by atoms with Crippen LogP contribution in [-0.2, 0) is 4.57 Å². The van der Waals surface area contributed by atoms with Crippen LogP contribution < -0.4 is 15.5 Å². The number of rotatable bonds is 5. The lowest BCUT2D eigenvalue weighted by molar-refractivity contribution is 0.312. The zero-order chi connectivity index (χ0) is 24.6. The van der Waals surface area contributed by atoms with E-state index in [0.717, 1.165) is 59.2 Å². The predicted octanol–water partition coefficient (Wildman–Crippen LogP) is 5.35. The molecule has 1 aliphatic rings. The molecule has 0 aliphatic carbocycles. The summed E-state index contributed by atoms with van der Waals surface area (Å²) in [7, 11) is -0.283. The number of hydrogen-bond donors (Lipinski definition) is 1. The van der Waals surface area contributed by atoms with Crippen LogP contribution in [0, 0.1) is 6.92 Å². The van der Waals surface area contributed by atoms with Gasteiger partial charge in [-0.25, -0.2) is 9.97 Å². The van der Waals surface area contributed by atoms with E-state index < -0.39 is 7.14 Å². The fourth-order valence-corrected chi connectivity index (χ4v) is 5.99. The van der Waals surface area contributed by atoms with E-state index in [9.17, 15) is 4.57 Å². The van der Waals surface area contributed by atoms with Crippen LogP contribution >= 0.6 is 7.14 Å². The number of hydrogen-bond acceptors (Lipinski definition) is 6. The van der Waals surface area contributed by atoms with Gasteiger partial charge in [-0.15, -0.1) is 0 Å². The van der Waals surface area contributed by atoms with Crippen LogP contribution in [0.3, 0.4) is 0 Å². The molecule has 1 aliphatic heterocycles. The lowest BCUT2D eigenvalue weighted by Crippen LogP contribution is -2.44. The standard InChI is InChI=1S/C28H32N5OP/c1-20-18-22(12-13-25(20)33-16-14-32(2)15-17-33)30-28-29-19-21-8-7-10-24(27(21)31-28)23-9-5-6-11-26(23)35(3,4)34/h5-13,18-19H,14-17H2,1-4H3,(H,29,30,31). The average Bonchev–Trinajstić information content (AvgIpc) is 2.84. The molecule has 1 aromatic heterocycles. The molecule has 1 saturated heterocycles. The van der Waals surface area contributed by atoms with Crippen LogP contribution in [0.1, 0.15) is 5.56 Å². The molecule has 180 valence electrons. The first-order valence-corrected chi connectivity index (χ1v) is 14.6. The van der Waals surface area contributed by atoms with Gasteiger partial charge in [-0.2, -0.15) is 0 Å². The van der Waals surface area contributed by atoms with Crippen LogP contribution in [0.5, 0.6) is 0 Å². The average molecular weight is 486 g/mol. The highest BCUT2D eigenvalue weighted by molar-refractivity contribution is 7.70. The summed E-state index contributed by atoms with van der Waals surface area (Å²) >= 11 is 0. The minimum absolute atomic E-state index is 0.547. The first-order valence-electron chi connectivity index (χ1n) is 12.0. The quantitative estimate of drug-likeness (QED) is 0.385. The maximum atomic E-state index is 13.0. The van der Waals surface area contributed by atoms with Gasteiger partial charge in [-0.05, 0) is 56.6 Å². The Morgan fingerprint density at radius 1 is 0.914 bits per heavy atom. The highest BCUT2D eigenvalue weighted by Crippen LogP contribution is 2.40. The molecule has 35 heavy (non-hydrogen) atoms. The van der Waals surface area contributed by atoms with Gasteiger partial charge in [0.05, 0.1) is 5.52 Å². The number of nitrogens with one attached hydrogen (secondary N) is 1. The number of benzene rings is 3. The SMILES string of the molecule is Cc1cc(Nc2ncc3cccc(-c4ccccc4P(C)(C)=O)c3n2)ccc1N1CCN(C)CC1. The van der Waals surface area contributed by atoms with Crippen molar-refractivity contribution in [1.29, 1.82) is 0 Å². The van der Waals surface area contributed by atoms with Crippen molar-refractivity contribution in [2.24, 2.45) is 0 Å². The molecular weight excluding hydrogens is 453 g/mol. The maximum absolute atomic E-state index is 13.0. The Morgan fingerprint density at radius 2 is 1.66 bits per heavy atom. The Hall–Kier alpha value is -3.21. The monoisotopic (exact) mass is 485 g/mol. The summed E-state index contributed by atoms with van der Waals surface area (Å²) in [5.74, 6) is 0.547. The molecule has 0 amide bonds. The Bertz CT molecular complexity index is 1420. The van der Waals surface area contributed by atoms with Crippen molar-refractivity contribution in [3.05, 3.63) is 72.4 Å². The molecule has 4 aromatic rings. The molecule has 0 atom stereocenters. The molecule has 3 aromatic carbocycles. The highest BCUT2D eigenvalue weighted by atomic mass is 31.2. The van der Waals surface area contributed by atoms with Crippen LogP contribution in [0.15, 0.2) is 66.9 Å². The third-order valence-electron chi connectivity index (χ3n) is 6.68. The van der Waals surface area contributed by atoms with Gasteiger partial charge in [-0.1, -0.05) is 42.5 Å². The van der Waals surface area contributed by atoms with Crippen LogP contribution in [-0.4, -0.2) is 61.4 Å². The van der Waals surface area contributed by atoms with Crippen molar-refractivity contribution >= 4 is 40.7 Å². The number of likely N-dealkylation sites (N-methyl/N-ethyl adjacent to an activating group) is 1. The van der Waals surface area contributed by atoms with Crippen molar-refractivity contribution in [3.63, 3.8) is 0 Å². The molecule has 5 rings (SSSR count). The van der Waals surface area contributed by atoms with Gasteiger partial charge in [0, 0.05) is 60.0 Å². The Morgan fingerprint density at radius 3 is 2.40 bits per heavy atom. The van der Waals surface area contributed by atoms with Gasteiger partial charge < -0.3 is 19.7 Å². The molecular formula is C28H32N5OP. The Kier molecular flexibility index (Phi) is 6.35. The van der Waals surface area contributed by atoms with E-state index in [1.165, 1.54) is 11.3 Å². The zero-order valence-corrected chi connectivity index (χ0v) is 21.7. The second-order valence-electron chi connectivity index (χ2n) is 9.72. The van der Waals surface area contributed by atoms with Gasteiger partial charge in [-0.3, -0.25) is 0 Å². The van der Waals surface area contributed by atoms with E-state index in [-0.39, 0.29) is 0 Å². The molecule has 1 fully saturated rings. The topological polar surface area (TPSA) is 61.4 Å². The predicted molar refractivity (Wildman–Crippen MR) is 148 cm³/mol. The van der Waals surface area contributed by atoms with Gasteiger partial charge in [0.1, 0.15) is 7.14 Å². The summed E-state index contributed by atoms with van der Waals surface area (Å²) in [4.78, 5) is 14.3. The zero-order valence-electron chi connectivity index (χ0n) is 20.8. The lowest BCUT2D eigenvalue weighted by Gasteiger charge is -2.35. The molecule has 7 heteroatoms. The summed E-state index contributed by atoms with van der Waals surface area (Å²) in [6, 6.07) is 20.4. The molecule has 0 saturated carbocycles. The Balaban J connectivity index is 1.47. The molecule has 0 bridgehead atoms. The first kappa shape index (κ1) is 23.5. The maximum Gasteiger partial charge on any atom is 0.227 e. The van der Waals surface area contributed by atoms with E-state index in [2.05, 4.69) is 52.3 Å². The van der Waals surface area contributed by atoms with Gasteiger partial charge in [0.25, 0.3) is 0 Å². The van der Waals surface area contributed by atoms with Gasteiger partial charge >= 0.3 is 0 Å². The van der Waals surface area contributed by atoms with E-state index in [4.69, 9.17) is 4.98 Å². The smallest absolute Gasteiger partial charge is 0.227 e. The number of anilines is 3. The molecule has 0 radical (unpaired) electrons. The van der Waals surface area contributed by atoms with Crippen LogP contribution in [0.4, 0.5) is 17.3 Å². The summed E-state index contributed by atoms with van der Waals surface area (Å²) in [5.41, 5.74) is 6.25. The van der Waals surface area contributed by atoms with E-state index in [0.29, 0.717) is 5.95 Å². The van der Waals surface area contributed by atoms with E-state index >= 15 is 0 Å². The van der Waals surface area contributed by atoms with Crippen molar-refractivity contribution in [1.82, 2.24) is 14.9 Å². The number of aromatic nitrogens is 2. The van der Waals surface area contributed by atoms with Gasteiger partial charge in [0.2, 0.25) is 5.95 Å². The first-order chi connectivity index (χ1) is 16.8. The van der Waals surface area contributed by atoms with E-state index in [1.807, 2.05) is 62.0 Å². The molecule has 1 N–H and O–H groups in total. The normalized spacial score (nSPS) is 14.9. The number of aryl methyl sites for hydroxylation is 1. The number of para-hydroxylation sites is 1. The highest BCUT2D eigenvalue weighted by Gasteiger charge is 2.19. The van der Waals surface area contributed by atoms with Crippen LogP contribution in [0.25, 0.3) is 22.0 Å². The number of nitrogens with zero attached hydrogens (tertiary/aromatic N) is 4. The molecule has 0 unspecified atom stereocenters. The molecule has 2 heterocycles. The van der Waals surface area contributed by atoms with Crippen molar-refractivity contribution in [2.45, 2.75) is 6.92 Å². The third kappa shape index (κ3) is 4.95. The minimum Gasteiger partial charge on any atom is -0.369 e. The Labute approximate surface area is 207 Å². The molecule has 0 spiro atoms. The van der Waals surface area contributed by atoms with Gasteiger partial charge in [0.15, 0.2) is 0 Å². The largest absolute Gasteiger partial charge is 0.369 e. The van der Waals surface area contributed by atoms with Crippen molar-refractivity contribution in [2.75, 3.05) is 56.8 Å².